The molecule has 0 amide bonds. The molecule has 0 bridgehead atoms. The van der Waals surface area contributed by atoms with Gasteiger partial charge in [0.1, 0.15) is 13.2 Å². The maximum atomic E-state index is 11.9. The number of nitrogens with two attached hydrogens (primary N) is 1. The first kappa shape index (κ1) is 54.4. The van der Waals surface area contributed by atoms with Gasteiger partial charge in [-0.25, -0.2) is 0 Å². The largest absolute Gasteiger partial charge is 0.490 e. The Balaban J connectivity index is 1.91. The van der Waals surface area contributed by atoms with Crippen molar-refractivity contribution in [2.45, 2.75) is 181 Å². The summed E-state index contributed by atoms with van der Waals surface area (Å²) in [6, 6.07) is 5.62. The molecule has 11 nitrogen and oxygen atoms in total. The first-order chi connectivity index (χ1) is 29.1. The molecule has 0 saturated carbocycles. The standard InChI is InChI=1S/C48H87NO10/c1-3-5-7-23-31-52-35-37-54-39-41-58-47(50)27-21-17-13-9-11-15-19-25-33-56-45-30-29-44(49)43-46(45)57-34-26-20-16-12-10-14-18-22-28-48(51)59-42-40-55-38-36-53-32-24-8-6-4-2/h29-30,43H,3-28,31-42,49H2,1-2H3. The van der Waals surface area contributed by atoms with Crippen LogP contribution in [0.4, 0.5) is 5.69 Å². The number of nitrogen functional groups attached to an aromatic ring is 1. The molecule has 1 rings (SSSR count). The number of carbonyl (C=O) groups excluding carboxylic acids is 2. The number of ether oxygens (including phenoxy) is 8. The summed E-state index contributed by atoms with van der Waals surface area (Å²) >= 11 is 0. The molecule has 0 aliphatic rings. The van der Waals surface area contributed by atoms with Gasteiger partial charge in [0.25, 0.3) is 0 Å². The second kappa shape index (κ2) is 43.5. The molecule has 1 aromatic carbocycles. The van der Waals surface area contributed by atoms with Gasteiger partial charge >= 0.3 is 11.9 Å². The number of carbonyl (C=O) groups is 2. The van der Waals surface area contributed by atoms with Gasteiger partial charge in [0.05, 0.1) is 52.9 Å². The van der Waals surface area contributed by atoms with E-state index in [4.69, 9.17) is 43.6 Å². The molecule has 0 aromatic heterocycles. The maximum Gasteiger partial charge on any atom is 0.305 e. The van der Waals surface area contributed by atoms with E-state index < -0.39 is 0 Å². The molecule has 0 fully saturated rings. The van der Waals surface area contributed by atoms with Gasteiger partial charge in [0, 0.05) is 37.8 Å². The van der Waals surface area contributed by atoms with Crippen molar-refractivity contribution in [2.75, 3.05) is 85.0 Å². The summed E-state index contributed by atoms with van der Waals surface area (Å²) in [5.74, 6) is 1.21. The molecule has 59 heavy (non-hydrogen) atoms. The van der Waals surface area contributed by atoms with E-state index >= 15 is 0 Å². The lowest BCUT2D eigenvalue weighted by Gasteiger charge is -2.13. The van der Waals surface area contributed by atoms with Gasteiger partial charge < -0.3 is 43.6 Å². The smallest absolute Gasteiger partial charge is 0.305 e. The van der Waals surface area contributed by atoms with Gasteiger partial charge in [0.15, 0.2) is 11.5 Å². The third kappa shape index (κ3) is 38.1. The lowest BCUT2D eigenvalue weighted by Crippen LogP contribution is -2.13. The van der Waals surface area contributed by atoms with Gasteiger partial charge in [-0.2, -0.15) is 0 Å². The van der Waals surface area contributed by atoms with E-state index in [-0.39, 0.29) is 11.9 Å². The van der Waals surface area contributed by atoms with Crippen LogP contribution in [-0.2, 0) is 38.0 Å². The molecule has 0 saturated heterocycles. The number of rotatable bonds is 46. The zero-order valence-corrected chi connectivity index (χ0v) is 37.8. The van der Waals surface area contributed by atoms with Crippen molar-refractivity contribution in [3.63, 3.8) is 0 Å². The van der Waals surface area contributed by atoms with Crippen molar-refractivity contribution in [2.24, 2.45) is 0 Å². The fourth-order valence-electron chi connectivity index (χ4n) is 6.46. The summed E-state index contributed by atoms with van der Waals surface area (Å²) in [4.78, 5) is 23.9. The highest BCUT2D eigenvalue weighted by atomic mass is 16.6. The molecular weight excluding hydrogens is 751 g/mol. The first-order valence-electron chi connectivity index (χ1n) is 23.8. The van der Waals surface area contributed by atoms with Crippen LogP contribution in [0, 0.1) is 0 Å². The first-order valence-corrected chi connectivity index (χ1v) is 23.8. The number of hydrogen-bond donors (Lipinski definition) is 1. The summed E-state index contributed by atoms with van der Waals surface area (Å²) in [5.41, 5.74) is 6.72. The van der Waals surface area contributed by atoms with E-state index in [1.165, 1.54) is 77.0 Å². The summed E-state index contributed by atoms with van der Waals surface area (Å²) < 4.78 is 44.7. The molecule has 0 aliphatic heterocycles. The average Bonchev–Trinajstić information content (AvgIpc) is 3.23. The monoisotopic (exact) mass is 838 g/mol. The molecule has 0 aliphatic carbocycles. The van der Waals surface area contributed by atoms with Gasteiger partial charge in [-0.1, -0.05) is 129 Å². The third-order valence-corrected chi connectivity index (χ3v) is 10.0. The number of unbranched alkanes of at least 4 members (excludes halogenated alkanes) is 20. The van der Waals surface area contributed by atoms with Crippen LogP contribution >= 0.6 is 0 Å². The number of benzene rings is 1. The van der Waals surface area contributed by atoms with Crippen LogP contribution in [-0.4, -0.2) is 91.2 Å². The lowest BCUT2D eigenvalue weighted by atomic mass is 10.1. The fourth-order valence-corrected chi connectivity index (χ4v) is 6.46. The number of hydrogen-bond acceptors (Lipinski definition) is 11. The van der Waals surface area contributed by atoms with Crippen molar-refractivity contribution in [3.05, 3.63) is 18.2 Å². The highest BCUT2D eigenvalue weighted by molar-refractivity contribution is 5.69. The summed E-state index contributed by atoms with van der Waals surface area (Å²) in [5, 5.41) is 0. The van der Waals surface area contributed by atoms with E-state index in [0.29, 0.717) is 84.6 Å². The average molecular weight is 838 g/mol. The van der Waals surface area contributed by atoms with Crippen molar-refractivity contribution in [3.8, 4) is 11.5 Å². The van der Waals surface area contributed by atoms with Crippen LogP contribution in [0.1, 0.15) is 181 Å². The molecule has 0 unspecified atom stereocenters. The quantitative estimate of drug-likeness (QED) is 0.0382. The molecule has 344 valence electrons. The van der Waals surface area contributed by atoms with Crippen molar-refractivity contribution in [1.82, 2.24) is 0 Å². The van der Waals surface area contributed by atoms with Gasteiger partial charge in [0.2, 0.25) is 0 Å². The molecule has 2 N–H and O–H groups in total. The zero-order valence-electron chi connectivity index (χ0n) is 37.8. The van der Waals surface area contributed by atoms with E-state index in [0.717, 1.165) is 102 Å². The van der Waals surface area contributed by atoms with Crippen LogP contribution in [0.25, 0.3) is 0 Å². The van der Waals surface area contributed by atoms with Crippen LogP contribution in [0.5, 0.6) is 11.5 Å². The molecule has 0 atom stereocenters. The predicted molar refractivity (Wildman–Crippen MR) is 238 cm³/mol. The van der Waals surface area contributed by atoms with E-state index in [9.17, 15) is 9.59 Å². The Morgan fingerprint density at radius 3 is 1.17 bits per heavy atom. The normalized spacial score (nSPS) is 11.2. The highest BCUT2D eigenvalue weighted by Gasteiger charge is 2.08. The van der Waals surface area contributed by atoms with Crippen molar-refractivity contribution < 1.29 is 47.5 Å². The van der Waals surface area contributed by atoms with Crippen LogP contribution in [0.15, 0.2) is 18.2 Å². The lowest BCUT2D eigenvalue weighted by molar-refractivity contribution is -0.146. The van der Waals surface area contributed by atoms with Crippen LogP contribution < -0.4 is 15.2 Å². The Hall–Kier alpha value is -2.60. The van der Waals surface area contributed by atoms with Crippen molar-refractivity contribution >= 4 is 17.6 Å². The Morgan fingerprint density at radius 2 is 0.729 bits per heavy atom. The highest BCUT2D eigenvalue weighted by Crippen LogP contribution is 2.30. The molecule has 0 heterocycles. The minimum absolute atomic E-state index is 0.133. The summed E-state index contributed by atoms with van der Waals surface area (Å²) in [6.07, 6.45) is 28.1. The van der Waals surface area contributed by atoms with Gasteiger partial charge in [-0.3, -0.25) is 9.59 Å². The number of anilines is 1. The van der Waals surface area contributed by atoms with Crippen molar-refractivity contribution in [1.29, 1.82) is 0 Å². The Morgan fingerprint density at radius 1 is 0.390 bits per heavy atom. The summed E-state index contributed by atoms with van der Waals surface area (Å²) in [7, 11) is 0. The predicted octanol–water partition coefficient (Wildman–Crippen LogP) is 11.4. The summed E-state index contributed by atoms with van der Waals surface area (Å²) in [6.45, 7) is 11.0. The van der Waals surface area contributed by atoms with Crippen LogP contribution in [0.2, 0.25) is 0 Å². The molecule has 11 heteroatoms. The van der Waals surface area contributed by atoms with Gasteiger partial charge in [-0.15, -0.1) is 0 Å². The minimum atomic E-state index is -0.134. The Kier molecular flexibility index (Phi) is 40.1. The minimum Gasteiger partial charge on any atom is -0.490 e. The SMILES string of the molecule is CCCCCCOCCOCCOC(=O)CCCCCCCCCCOc1ccc(N)cc1OCCCCCCCCCCC(=O)OCCOCCOCCCCCC. The zero-order chi connectivity index (χ0) is 42.5. The van der Waals surface area contributed by atoms with E-state index in [1.807, 2.05) is 18.2 Å². The molecule has 0 radical (unpaired) electrons. The topological polar surface area (TPSA) is 134 Å². The van der Waals surface area contributed by atoms with E-state index in [2.05, 4.69) is 13.8 Å². The second-order valence-electron chi connectivity index (χ2n) is 15.6. The maximum absolute atomic E-state index is 11.9. The van der Waals surface area contributed by atoms with E-state index in [1.54, 1.807) is 0 Å². The molecule has 1 aromatic rings. The molecule has 0 spiro atoms. The fraction of sp³-hybridized carbons (Fsp3) is 0.833. The second-order valence-corrected chi connectivity index (χ2v) is 15.6. The number of esters is 2. The Labute approximate surface area is 359 Å². The third-order valence-electron chi connectivity index (χ3n) is 10.0. The molecular formula is C48H87NO10. The Bertz CT molecular complexity index is 1070. The van der Waals surface area contributed by atoms with Crippen LogP contribution in [0.3, 0.4) is 0 Å². The van der Waals surface area contributed by atoms with Gasteiger partial charge in [-0.05, 0) is 50.7 Å².